The monoisotopic (exact) mass is 306 g/mol. The van der Waals surface area contributed by atoms with E-state index in [1.165, 1.54) is 12.8 Å². The van der Waals surface area contributed by atoms with Gasteiger partial charge in [-0.3, -0.25) is 4.79 Å². The summed E-state index contributed by atoms with van der Waals surface area (Å²) in [5, 5.41) is 0. The summed E-state index contributed by atoms with van der Waals surface area (Å²) < 4.78 is 0. The molecule has 0 bridgehead atoms. The molecule has 128 valence electrons. The molecule has 6 atom stereocenters. The van der Waals surface area contributed by atoms with Gasteiger partial charge in [0.2, 0.25) is 0 Å². The maximum Gasteiger partial charge on any atom is 0.139 e. The first-order chi connectivity index (χ1) is 10.3. The molecule has 2 rings (SSSR count). The fraction of sp³-hybridized carbons (Fsp3) is 0.952. The van der Waals surface area contributed by atoms with Crippen molar-refractivity contribution in [1.82, 2.24) is 0 Å². The zero-order valence-electron chi connectivity index (χ0n) is 15.8. The number of rotatable bonds is 4. The lowest BCUT2D eigenvalue weighted by Gasteiger charge is -2.39. The van der Waals surface area contributed by atoms with Crippen molar-refractivity contribution in [3.05, 3.63) is 0 Å². The number of ketones is 1. The highest BCUT2D eigenvalue weighted by Crippen LogP contribution is 2.43. The van der Waals surface area contributed by atoms with E-state index < -0.39 is 0 Å². The minimum Gasteiger partial charge on any atom is -0.299 e. The van der Waals surface area contributed by atoms with E-state index in [9.17, 15) is 4.79 Å². The van der Waals surface area contributed by atoms with Crippen LogP contribution in [0.25, 0.3) is 0 Å². The van der Waals surface area contributed by atoms with Gasteiger partial charge in [-0.15, -0.1) is 0 Å². The fourth-order valence-corrected chi connectivity index (χ4v) is 5.20. The van der Waals surface area contributed by atoms with Gasteiger partial charge in [0.1, 0.15) is 5.78 Å². The Balaban J connectivity index is 2.03. The maximum atomic E-state index is 13.2. The van der Waals surface area contributed by atoms with Crippen molar-refractivity contribution < 1.29 is 4.79 Å². The molecule has 2 saturated carbocycles. The highest BCUT2D eigenvalue weighted by atomic mass is 16.1. The Labute approximate surface area is 138 Å². The Morgan fingerprint density at radius 2 is 1.05 bits per heavy atom. The second-order valence-electron chi connectivity index (χ2n) is 9.43. The molecule has 0 aromatic rings. The molecule has 0 heterocycles. The summed E-state index contributed by atoms with van der Waals surface area (Å²) in [4.78, 5) is 13.2. The van der Waals surface area contributed by atoms with Gasteiger partial charge in [0.25, 0.3) is 0 Å². The molecule has 1 heteroatoms. The fourth-order valence-electron chi connectivity index (χ4n) is 5.20. The lowest BCUT2D eigenvalue weighted by atomic mass is 9.65. The van der Waals surface area contributed by atoms with E-state index in [0.29, 0.717) is 17.6 Å². The van der Waals surface area contributed by atoms with Crippen LogP contribution in [0.15, 0.2) is 0 Å². The molecule has 6 unspecified atom stereocenters. The van der Waals surface area contributed by atoms with E-state index in [-0.39, 0.29) is 0 Å². The molecule has 2 fully saturated rings. The molecule has 2 aliphatic rings. The largest absolute Gasteiger partial charge is 0.299 e. The predicted molar refractivity (Wildman–Crippen MR) is 94.7 cm³/mol. The van der Waals surface area contributed by atoms with E-state index in [2.05, 4.69) is 41.5 Å². The molecule has 0 amide bonds. The van der Waals surface area contributed by atoms with Crippen molar-refractivity contribution in [1.29, 1.82) is 0 Å². The van der Waals surface area contributed by atoms with Gasteiger partial charge >= 0.3 is 0 Å². The van der Waals surface area contributed by atoms with Crippen LogP contribution in [-0.4, -0.2) is 5.78 Å². The van der Waals surface area contributed by atoms with Crippen molar-refractivity contribution in [2.45, 2.75) is 80.1 Å². The van der Waals surface area contributed by atoms with Crippen LogP contribution in [0.3, 0.4) is 0 Å². The summed E-state index contributed by atoms with van der Waals surface area (Å²) in [6.07, 6.45) is 7.29. The highest BCUT2D eigenvalue weighted by Gasteiger charge is 2.38. The van der Waals surface area contributed by atoms with E-state index in [4.69, 9.17) is 0 Å². The third-order valence-corrected chi connectivity index (χ3v) is 6.65. The summed E-state index contributed by atoms with van der Waals surface area (Å²) in [6.45, 7) is 14.1. The van der Waals surface area contributed by atoms with Crippen molar-refractivity contribution in [3.63, 3.8) is 0 Å². The van der Waals surface area contributed by atoms with Gasteiger partial charge in [-0.2, -0.15) is 0 Å². The molecule has 0 N–H and O–H groups in total. The zero-order chi connectivity index (χ0) is 16.4. The van der Waals surface area contributed by atoms with Gasteiger partial charge in [-0.25, -0.2) is 0 Å². The van der Waals surface area contributed by atoms with Crippen LogP contribution < -0.4 is 0 Å². The Morgan fingerprint density at radius 1 is 0.682 bits per heavy atom. The van der Waals surface area contributed by atoms with E-state index in [0.717, 1.165) is 61.2 Å². The van der Waals surface area contributed by atoms with Crippen LogP contribution in [0.5, 0.6) is 0 Å². The van der Waals surface area contributed by atoms with Gasteiger partial charge in [-0.05, 0) is 74.0 Å². The van der Waals surface area contributed by atoms with Crippen molar-refractivity contribution in [2.75, 3.05) is 0 Å². The smallest absolute Gasteiger partial charge is 0.139 e. The first-order valence-electron chi connectivity index (χ1n) is 9.81. The van der Waals surface area contributed by atoms with Crippen LogP contribution in [0, 0.1) is 47.3 Å². The standard InChI is InChI=1S/C21H38O/c1-13(2)17-7-15(5)9-19(11-17)21(22)20-10-16(6)8-18(12-20)14(3)4/h13-20H,7-12H2,1-6H3. The van der Waals surface area contributed by atoms with Crippen LogP contribution in [0.2, 0.25) is 0 Å². The minimum absolute atomic E-state index is 0.360. The quantitative estimate of drug-likeness (QED) is 0.625. The Morgan fingerprint density at radius 3 is 1.36 bits per heavy atom. The topological polar surface area (TPSA) is 17.1 Å². The molecule has 0 radical (unpaired) electrons. The minimum atomic E-state index is 0.360. The second kappa shape index (κ2) is 7.49. The lowest BCUT2D eigenvalue weighted by molar-refractivity contribution is -0.131. The first-order valence-corrected chi connectivity index (χ1v) is 9.81. The number of carbonyl (C=O) groups is 1. The average molecular weight is 307 g/mol. The number of hydrogen-bond acceptors (Lipinski definition) is 1. The SMILES string of the molecule is CC1CC(C(=O)C2CC(C)CC(C(C)C)C2)CC(C(C)C)C1. The van der Waals surface area contributed by atoms with Crippen LogP contribution in [0.4, 0.5) is 0 Å². The van der Waals surface area contributed by atoms with Crippen LogP contribution in [-0.2, 0) is 4.79 Å². The summed E-state index contributed by atoms with van der Waals surface area (Å²) in [7, 11) is 0. The van der Waals surface area contributed by atoms with E-state index in [1.807, 2.05) is 0 Å². The summed E-state index contributed by atoms with van der Waals surface area (Å²) in [5.41, 5.74) is 0. The van der Waals surface area contributed by atoms with Gasteiger partial charge in [0, 0.05) is 11.8 Å². The van der Waals surface area contributed by atoms with Gasteiger partial charge in [0.05, 0.1) is 0 Å². The molecular weight excluding hydrogens is 268 g/mol. The second-order valence-corrected chi connectivity index (χ2v) is 9.43. The zero-order valence-corrected chi connectivity index (χ0v) is 15.8. The molecule has 0 aromatic heterocycles. The molecule has 22 heavy (non-hydrogen) atoms. The predicted octanol–water partition coefficient (Wildman–Crippen LogP) is 5.97. The first kappa shape index (κ1) is 18.0. The molecule has 2 aliphatic carbocycles. The van der Waals surface area contributed by atoms with Crippen molar-refractivity contribution >= 4 is 5.78 Å². The van der Waals surface area contributed by atoms with Crippen molar-refractivity contribution in [3.8, 4) is 0 Å². The maximum absolute atomic E-state index is 13.2. The third-order valence-electron chi connectivity index (χ3n) is 6.65. The van der Waals surface area contributed by atoms with E-state index >= 15 is 0 Å². The number of carbonyl (C=O) groups excluding carboxylic acids is 1. The molecule has 1 nitrogen and oxygen atoms in total. The normalized spacial score (nSPS) is 40.2. The van der Waals surface area contributed by atoms with Gasteiger partial charge in [0.15, 0.2) is 0 Å². The molecular formula is C21H38O. The summed E-state index contributed by atoms with van der Waals surface area (Å²) in [6, 6.07) is 0. The van der Waals surface area contributed by atoms with Crippen LogP contribution >= 0.6 is 0 Å². The molecule has 0 aliphatic heterocycles. The van der Waals surface area contributed by atoms with Crippen molar-refractivity contribution in [2.24, 2.45) is 47.3 Å². The molecule has 0 saturated heterocycles. The molecule has 0 spiro atoms. The van der Waals surface area contributed by atoms with Gasteiger partial charge < -0.3 is 0 Å². The van der Waals surface area contributed by atoms with Gasteiger partial charge in [-0.1, -0.05) is 41.5 Å². The van der Waals surface area contributed by atoms with E-state index in [1.54, 1.807) is 0 Å². The Bertz CT molecular complexity index is 336. The molecule has 0 aromatic carbocycles. The summed E-state index contributed by atoms with van der Waals surface area (Å²) in [5.74, 6) is 5.81. The lowest BCUT2D eigenvalue weighted by Crippen LogP contribution is -2.36. The number of hydrogen-bond donors (Lipinski definition) is 0. The highest BCUT2D eigenvalue weighted by molar-refractivity contribution is 5.83. The summed E-state index contributed by atoms with van der Waals surface area (Å²) >= 11 is 0. The number of Topliss-reactive ketones (excluding diaryl/α,β-unsaturated/α-hetero) is 1. The van der Waals surface area contributed by atoms with Crippen LogP contribution in [0.1, 0.15) is 80.1 Å². The third kappa shape index (κ3) is 4.36. The Hall–Kier alpha value is -0.330. The Kier molecular flexibility index (Phi) is 6.14. The average Bonchev–Trinajstić information content (AvgIpc) is 2.45.